The van der Waals surface area contributed by atoms with Gasteiger partial charge in [0.05, 0.1) is 12.5 Å². The fraction of sp³-hybridized carbons (Fsp3) is 0.235. The number of anilines is 1. The van der Waals surface area contributed by atoms with Crippen molar-refractivity contribution in [2.45, 2.75) is 13.0 Å². The lowest BCUT2D eigenvalue weighted by molar-refractivity contribution is -0.151. The van der Waals surface area contributed by atoms with Gasteiger partial charge in [0.2, 0.25) is 0 Å². The second kappa shape index (κ2) is 7.45. The van der Waals surface area contributed by atoms with Gasteiger partial charge in [0.1, 0.15) is 6.61 Å². The molecule has 0 aliphatic carbocycles. The molecule has 0 saturated heterocycles. The van der Waals surface area contributed by atoms with Crippen LogP contribution in [0.1, 0.15) is 11.1 Å². The summed E-state index contributed by atoms with van der Waals surface area (Å²) in [4.78, 5) is 12.0. The Hall–Kier alpha value is -2.33. The van der Waals surface area contributed by atoms with Crippen LogP contribution >= 0.6 is 0 Å². The minimum Gasteiger partial charge on any atom is -0.461 e. The van der Waals surface area contributed by atoms with Crippen molar-refractivity contribution >= 4 is 11.7 Å². The van der Waals surface area contributed by atoms with Crippen LogP contribution in [-0.2, 0) is 22.6 Å². The Morgan fingerprint density at radius 3 is 2.43 bits per heavy atom. The summed E-state index contributed by atoms with van der Waals surface area (Å²) in [6, 6.07) is 16.8. The summed E-state index contributed by atoms with van der Waals surface area (Å²) >= 11 is 0. The first-order valence-electron chi connectivity index (χ1n) is 6.85. The number of nitrogen functional groups attached to an aromatic ring is 1. The van der Waals surface area contributed by atoms with Crippen molar-refractivity contribution in [1.82, 2.24) is 0 Å². The normalized spacial score (nSPS) is 11.9. The minimum absolute atomic E-state index is 0.209. The summed E-state index contributed by atoms with van der Waals surface area (Å²) in [5, 5.41) is 9.40. The number of rotatable bonds is 6. The molecule has 0 aliphatic heterocycles. The third-order valence-electron chi connectivity index (χ3n) is 3.30. The molecule has 2 rings (SSSR count). The number of esters is 1. The molecular weight excluding hydrogens is 266 g/mol. The molecule has 21 heavy (non-hydrogen) atoms. The van der Waals surface area contributed by atoms with Gasteiger partial charge in [-0.3, -0.25) is 4.79 Å². The Morgan fingerprint density at radius 1 is 1.10 bits per heavy atom. The molecule has 110 valence electrons. The third-order valence-corrected chi connectivity index (χ3v) is 3.30. The molecule has 2 aromatic rings. The summed E-state index contributed by atoms with van der Waals surface area (Å²) in [7, 11) is 0. The average molecular weight is 285 g/mol. The monoisotopic (exact) mass is 285 g/mol. The molecule has 0 bridgehead atoms. The topological polar surface area (TPSA) is 72.5 Å². The van der Waals surface area contributed by atoms with Crippen LogP contribution in [0.4, 0.5) is 5.69 Å². The second-order valence-electron chi connectivity index (χ2n) is 4.88. The first-order chi connectivity index (χ1) is 10.2. The number of aliphatic hydroxyl groups is 1. The van der Waals surface area contributed by atoms with Crippen LogP contribution in [-0.4, -0.2) is 17.7 Å². The number of nitrogens with two attached hydrogens (primary N) is 1. The molecule has 4 heteroatoms. The fourth-order valence-corrected chi connectivity index (χ4v) is 2.05. The molecule has 0 spiro atoms. The summed E-state index contributed by atoms with van der Waals surface area (Å²) < 4.78 is 5.25. The van der Waals surface area contributed by atoms with E-state index in [0.717, 1.165) is 11.1 Å². The van der Waals surface area contributed by atoms with Crippen LogP contribution in [0.2, 0.25) is 0 Å². The van der Waals surface area contributed by atoms with Crippen LogP contribution in [0.3, 0.4) is 0 Å². The molecule has 0 aliphatic rings. The van der Waals surface area contributed by atoms with Crippen molar-refractivity contribution in [3.05, 3.63) is 65.7 Å². The van der Waals surface area contributed by atoms with Gasteiger partial charge in [0, 0.05) is 5.69 Å². The van der Waals surface area contributed by atoms with Gasteiger partial charge in [-0.15, -0.1) is 0 Å². The van der Waals surface area contributed by atoms with Crippen molar-refractivity contribution in [3.8, 4) is 0 Å². The van der Waals surface area contributed by atoms with Crippen molar-refractivity contribution in [2.75, 3.05) is 12.3 Å². The first-order valence-corrected chi connectivity index (χ1v) is 6.85. The zero-order chi connectivity index (χ0) is 15.1. The number of hydrogen-bond donors (Lipinski definition) is 2. The van der Waals surface area contributed by atoms with E-state index in [2.05, 4.69) is 0 Å². The lowest BCUT2D eigenvalue weighted by atomic mass is 9.99. The number of ether oxygens (including phenoxy) is 1. The number of carbonyl (C=O) groups is 1. The van der Waals surface area contributed by atoms with Gasteiger partial charge >= 0.3 is 5.97 Å². The molecule has 1 atom stereocenters. The lowest BCUT2D eigenvalue weighted by Crippen LogP contribution is -2.23. The maximum Gasteiger partial charge on any atom is 0.311 e. The van der Waals surface area contributed by atoms with E-state index >= 15 is 0 Å². The van der Waals surface area contributed by atoms with Crippen molar-refractivity contribution in [3.63, 3.8) is 0 Å². The van der Waals surface area contributed by atoms with Crippen molar-refractivity contribution in [2.24, 2.45) is 5.92 Å². The van der Waals surface area contributed by atoms with Crippen LogP contribution in [0, 0.1) is 5.92 Å². The number of hydrogen-bond acceptors (Lipinski definition) is 4. The van der Waals surface area contributed by atoms with Crippen molar-refractivity contribution in [1.29, 1.82) is 0 Å². The highest BCUT2D eigenvalue weighted by molar-refractivity contribution is 5.73. The van der Waals surface area contributed by atoms with E-state index in [1.807, 2.05) is 48.5 Å². The molecular formula is C17H19NO3. The van der Waals surface area contributed by atoms with Crippen LogP contribution in [0.25, 0.3) is 0 Å². The van der Waals surface area contributed by atoms with E-state index in [0.29, 0.717) is 12.1 Å². The molecule has 0 amide bonds. The predicted octanol–water partition coefficient (Wildman–Crippen LogP) is 2.16. The molecule has 4 nitrogen and oxygen atoms in total. The summed E-state index contributed by atoms with van der Waals surface area (Å²) in [5.74, 6) is -1.01. The summed E-state index contributed by atoms with van der Waals surface area (Å²) in [6.07, 6.45) is 0.372. The zero-order valence-electron chi connectivity index (χ0n) is 11.7. The minimum atomic E-state index is -0.599. The lowest BCUT2D eigenvalue weighted by Gasteiger charge is -2.15. The fourth-order valence-electron chi connectivity index (χ4n) is 2.05. The highest BCUT2D eigenvalue weighted by atomic mass is 16.5. The number of para-hydroxylation sites is 1. The Balaban J connectivity index is 1.94. The number of carbonyl (C=O) groups excluding carboxylic acids is 1. The highest BCUT2D eigenvalue weighted by Crippen LogP contribution is 2.17. The molecule has 2 aromatic carbocycles. The van der Waals surface area contributed by atoms with Gasteiger partial charge in [-0.25, -0.2) is 0 Å². The molecule has 0 heterocycles. The van der Waals surface area contributed by atoms with E-state index in [1.165, 1.54) is 0 Å². The average Bonchev–Trinajstić information content (AvgIpc) is 2.53. The quantitative estimate of drug-likeness (QED) is 0.630. The maximum absolute atomic E-state index is 12.0. The van der Waals surface area contributed by atoms with Crippen LogP contribution < -0.4 is 5.73 Å². The van der Waals surface area contributed by atoms with E-state index in [-0.39, 0.29) is 13.2 Å². The molecule has 0 aromatic heterocycles. The van der Waals surface area contributed by atoms with Gasteiger partial charge in [0.25, 0.3) is 0 Å². The third kappa shape index (κ3) is 4.33. The van der Waals surface area contributed by atoms with Crippen LogP contribution in [0.5, 0.6) is 0 Å². The zero-order valence-corrected chi connectivity index (χ0v) is 11.7. The van der Waals surface area contributed by atoms with Gasteiger partial charge in [0.15, 0.2) is 0 Å². The molecule has 0 saturated carbocycles. The first kappa shape index (κ1) is 15.1. The van der Waals surface area contributed by atoms with E-state index < -0.39 is 11.9 Å². The number of aliphatic hydroxyl groups excluding tert-OH is 1. The molecule has 3 N–H and O–H groups in total. The van der Waals surface area contributed by atoms with Gasteiger partial charge in [-0.2, -0.15) is 0 Å². The van der Waals surface area contributed by atoms with E-state index in [4.69, 9.17) is 10.5 Å². The maximum atomic E-state index is 12.0. The number of benzene rings is 2. The van der Waals surface area contributed by atoms with Crippen molar-refractivity contribution < 1.29 is 14.6 Å². The Kier molecular flexibility index (Phi) is 5.35. The van der Waals surface area contributed by atoms with Gasteiger partial charge < -0.3 is 15.6 Å². The SMILES string of the molecule is Nc1ccccc1C[C@@H](CO)C(=O)OCc1ccccc1. The van der Waals surface area contributed by atoms with Gasteiger partial charge in [-0.05, 0) is 23.6 Å². The second-order valence-corrected chi connectivity index (χ2v) is 4.88. The van der Waals surface area contributed by atoms with Crippen LogP contribution in [0.15, 0.2) is 54.6 Å². The predicted molar refractivity (Wildman–Crippen MR) is 81.4 cm³/mol. The van der Waals surface area contributed by atoms with E-state index in [9.17, 15) is 9.90 Å². The molecule has 0 unspecified atom stereocenters. The molecule has 0 fully saturated rings. The summed E-state index contributed by atoms with van der Waals surface area (Å²) in [5.41, 5.74) is 8.23. The Labute approximate surface area is 124 Å². The smallest absolute Gasteiger partial charge is 0.311 e. The van der Waals surface area contributed by atoms with E-state index in [1.54, 1.807) is 6.07 Å². The Morgan fingerprint density at radius 2 is 1.76 bits per heavy atom. The van der Waals surface area contributed by atoms with Gasteiger partial charge in [-0.1, -0.05) is 48.5 Å². The molecule has 0 radical (unpaired) electrons. The largest absolute Gasteiger partial charge is 0.461 e. The Bertz CT molecular complexity index is 584. The summed E-state index contributed by atoms with van der Waals surface area (Å²) in [6.45, 7) is -0.0532. The highest BCUT2D eigenvalue weighted by Gasteiger charge is 2.20. The standard InChI is InChI=1S/C17H19NO3/c18-16-9-5-4-8-14(16)10-15(11-19)17(20)21-12-13-6-2-1-3-7-13/h1-9,15,19H,10-12,18H2/t15-/m0/s1.